The fourth-order valence-corrected chi connectivity index (χ4v) is 3.12. The molecule has 0 spiro atoms. The second-order valence-electron chi connectivity index (χ2n) is 7.33. The van der Waals surface area contributed by atoms with Gasteiger partial charge in [0.05, 0.1) is 12.6 Å². The van der Waals surface area contributed by atoms with Crippen LogP contribution in [0.4, 0.5) is 5.69 Å². The van der Waals surface area contributed by atoms with Gasteiger partial charge in [-0.2, -0.15) is 0 Å². The first kappa shape index (κ1) is 20.4. The Morgan fingerprint density at radius 2 is 1.45 bits per heavy atom. The van der Waals surface area contributed by atoms with Gasteiger partial charge >= 0.3 is 0 Å². The first-order valence-electron chi connectivity index (χ1n) is 9.24. The third kappa shape index (κ3) is 3.95. The van der Waals surface area contributed by atoms with Crippen molar-refractivity contribution in [1.29, 1.82) is 0 Å². The molecule has 0 aliphatic heterocycles. The summed E-state index contributed by atoms with van der Waals surface area (Å²) in [6, 6.07) is 10.8. The van der Waals surface area contributed by atoms with Crippen LogP contribution >= 0.6 is 0 Å². The number of nitrogens with zero attached hydrogens (tertiary/aromatic N) is 2. The number of hydrogen-bond donors (Lipinski definition) is 1. The van der Waals surface area contributed by atoms with Crippen LogP contribution in [-0.4, -0.2) is 66.9 Å². The monoisotopic (exact) mass is 393 g/mol. The topological polar surface area (TPSA) is 86.8 Å². The lowest BCUT2D eigenvalue weighted by Crippen LogP contribution is -2.44. The van der Waals surface area contributed by atoms with E-state index in [2.05, 4.69) is 5.32 Å². The molecule has 0 bridgehead atoms. The van der Waals surface area contributed by atoms with Crippen molar-refractivity contribution in [2.45, 2.75) is 13.0 Å². The average Bonchev–Trinajstić information content (AvgIpc) is 2.71. The third-order valence-electron chi connectivity index (χ3n) is 5.12. The predicted octanol–water partition coefficient (Wildman–Crippen LogP) is 1.81. The highest BCUT2D eigenvalue weighted by Gasteiger charge is 2.30. The molecule has 29 heavy (non-hydrogen) atoms. The lowest BCUT2D eigenvalue weighted by Gasteiger charge is -2.25. The number of carbonyl (C=O) groups excluding carboxylic acids is 4. The number of rotatable bonds is 5. The number of anilines is 1. The summed E-state index contributed by atoms with van der Waals surface area (Å²) in [6.45, 7) is 1.80. The molecule has 7 heteroatoms. The van der Waals surface area contributed by atoms with Gasteiger partial charge in [-0.1, -0.05) is 24.3 Å². The van der Waals surface area contributed by atoms with Crippen LogP contribution in [0, 0.1) is 0 Å². The van der Waals surface area contributed by atoms with E-state index < -0.39 is 6.04 Å². The normalized spacial score (nSPS) is 13.6. The number of hydrogen-bond acceptors (Lipinski definition) is 5. The van der Waals surface area contributed by atoms with Gasteiger partial charge in [0.15, 0.2) is 11.6 Å². The van der Waals surface area contributed by atoms with Crippen molar-refractivity contribution in [1.82, 2.24) is 9.80 Å². The van der Waals surface area contributed by atoms with Crippen molar-refractivity contribution in [2.75, 3.05) is 33.0 Å². The Bertz CT molecular complexity index is 1010. The van der Waals surface area contributed by atoms with E-state index in [0.29, 0.717) is 22.4 Å². The quantitative estimate of drug-likeness (QED) is 0.714. The number of amides is 2. The fourth-order valence-electron chi connectivity index (χ4n) is 3.12. The van der Waals surface area contributed by atoms with Crippen molar-refractivity contribution in [3.63, 3.8) is 0 Å². The van der Waals surface area contributed by atoms with E-state index in [-0.39, 0.29) is 35.5 Å². The third-order valence-corrected chi connectivity index (χ3v) is 5.12. The van der Waals surface area contributed by atoms with Crippen LogP contribution in [0.25, 0.3) is 0 Å². The first-order chi connectivity index (χ1) is 13.7. The fraction of sp³-hybridized carbons (Fsp3) is 0.273. The van der Waals surface area contributed by atoms with E-state index in [0.717, 1.165) is 0 Å². The minimum atomic E-state index is -0.562. The maximum absolute atomic E-state index is 12.8. The van der Waals surface area contributed by atoms with Gasteiger partial charge in [0, 0.05) is 42.0 Å². The molecule has 7 nitrogen and oxygen atoms in total. The van der Waals surface area contributed by atoms with Crippen molar-refractivity contribution >= 4 is 29.1 Å². The van der Waals surface area contributed by atoms with E-state index in [4.69, 9.17) is 0 Å². The summed E-state index contributed by atoms with van der Waals surface area (Å²) >= 11 is 0. The van der Waals surface area contributed by atoms with E-state index >= 15 is 0 Å². The van der Waals surface area contributed by atoms with Crippen LogP contribution in [0.3, 0.4) is 0 Å². The summed E-state index contributed by atoms with van der Waals surface area (Å²) < 4.78 is 0. The molecule has 0 saturated heterocycles. The van der Waals surface area contributed by atoms with Crippen LogP contribution in [0.1, 0.15) is 38.8 Å². The molecule has 1 atom stereocenters. The standard InChI is InChI=1S/C22H23N3O4/c1-13(25(4)12-19(26)24(2)3)22(29)23-14-9-10-17-18(11-14)21(28)16-8-6-5-7-15(16)20(17)27/h5-11,13H,12H2,1-4H3,(H,23,29)/t13-/m0/s1. The first-order valence-corrected chi connectivity index (χ1v) is 9.24. The molecule has 0 radical (unpaired) electrons. The second-order valence-corrected chi connectivity index (χ2v) is 7.33. The van der Waals surface area contributed by atoms with Gasteiger partial charge in [-0.3, -0.25) is 24.1 Å². The van der Waals surface area contributed by atoms with Crippen LogP contribution in [0.2, 0.25) is 0 Å². The second kappa shape index (κ2) is 7.97. The highest BCUT2D eigenvalue weighted by atomic mass is 16.2. The molecule has 1 aliphatic rings. The average molecular weight is 393 g/mol. The molecule has 0 fully saturated rings. The summed E-state index contributed by atoms with van der Waals surface area (Å²) in [6.07, 6.45) is 0. The molecule has 150 valence electrons. The number of likely N-dealkylation sites (N-methyl/N-ethyl adjacent to an activating group) is 2. The Balaban J connectivity index is 1.78. The van der Waals surface area contributed by atoms with Gasteiger partial charge in [0.1, 0.15) is 0 Å². The Morgan fingerprint density at radius 3 is 2.03 bits per heavy atom. The van der Waals surface area contributed by atoms with Crippen molar-refractivity contribution in [3.8, 4) is 0 Å². The van der Waals surface area contributed by atoms with Gasteiger partial charge in [-0.15, -0.1) is 0 Å². The minimum absolute atomic E-state index is 0.107. The molecule has 2 aromatic carbocycles. The Hall–Kier alpha value is -3.32. The minimum Gasteiger partial charge on any atom is -0.348 e. The zero-order chi connectivity index (χ0) is 21.3. The number of carbonyl (C=O) groups is 4. The van der Waals surface area contributed by atoms with Crippen LogP contribution in [0.5, 0.6) is 0 Å². The number of benzene rings is 2. The molecule has 1 aliphatic carbocycles. The molecular formula is C22H23N3O4. The van der Waals surface area contributed by atoms with Gasteiger partial charge in [-0.05, 0) is 32.2 Å². The van der Waals surface area contributed by atoms with Gasteiger partial charge in [-0.25, -0.2) is 0 Å². The number of ketones is 2. The van der Waals surface area contributed by atoms with E-state index in [1.54, 1.807) is 69.4 Å². The Kier molecular flexibility index (Phi) is 5.61. The smallest absolute Gasteiger partial charge is 0.241 e. The molecule has 1 N–H and O–H groups in total. The van der Waals surface area contributed by atoms with Gasteiger partial charge in [0.2, 0.25) is 11.8 Å². The summed E-state index contributed by atoms with van der Waals surface area (Å²) in [7, 11) is 5.01. The summed E-state index contributed by atoms with van der Waals surface area (Å²) in [5.74, 6) is -0.867. The van der Waals surface area contributed by atoms with Crippen LogP contribution < -0.4 is 5.32 Å². The number of nitrogens with one attached hydrogen (secondary N) is 1. The zero-order valence-electron chi connectivity index (χ0n) is 16.9. The lowest BCUT2D eigenvalue weighted by molar-refractivity contribution is -0.131. The molecule has 2 aromatic rings. The molecule has 2 amide bonds. The zero-order valence-corrected chi connectivity index (χ0v) is 16.9. The van der Waals surface area contributed by atoms with E-state index in [1.165, 1.54) is 11.0 Å². The van der Waals surface area contributed by atoms with Crippen molar-refractivity contribution < 1.29 is 19.2 Å². The summed E-state index contributed by atoms with van der Waals surface area (Å²) in [5.41, 5.74) is 1.78. The molecular weight excluding hydrogens is 370 g/mol. The Labute approximate surface area is 169 Å². The lowest BCUT2D eigenvalue weighted by atomic mass is 9.84. The van der Waals surface area contributed by atoms with Crippen molar-refractivity contribution in [2.24, 2.45) is 0 Å². The maximum Gasteiger partial charge on any atom is 0.241 e. The molecule has 0 aromatic heterocycles. The van der Waals surface area contributed by atoms with Crippen LogP contribution in [-0.2, 0) is 9.59 Å². The number of fused-ring (bicyclic) bond motifs is 2. The highest BCUT2D eigenvalue weighted by Crippen LogP contribution is 2.29. The highest BCUT2D eigenvalue weighted by molar-refractivity contribution is 6.28. The van der Waals surface area contributed by atoms with Crippen LogP contribution in [0.15, 0.2) is 42.5 Å². The predicted molar refractivity (Wildman–Crippen MR) is 109 cm³/mol. The maximum atomic E-state index is 12.8. The summed E-state index contributed by atoms with van der Waals surface area (Å²) in [4.78, 5) is 53.0. The largest absolute Gasteiger partial charge is 0.348 e. The van der Waals surface area contributed by atoms with Gasteiger partial charge in [0.25, 0.3) is 0 Å². The van der Waals surface area contributed by atoms with E-state index in [9.17, 15) is 19.2 Å². The molecule has 0 heterocycles. The SMILES string of the molecule is C[C@@H](C(=O)Nc1ccc2c(c1)C(=O)c1ccccc1C2=O)N(C)CC(=O)N(C)C. The molecule has 0 unspecified atom stereocenters. The van der Waals surface area contributed by atoms with Crippen molar-refractivity contribution in [3.05, 3.63) is 64.7 Å². The molecule has 0 saturated carbocycles. The van der Waals surface area contributed by atoms with Gasteiger partial charge < -0.3 is 10.2 Å². The molecule has 3 rings (SSSR count). The van der Waals surface area contributed by atoms with E-state index in [1.807, 2.05) is 0 Å². The Morgan fingerprint density at radius 1 is 0.897 bits per heavy atom. The summed E-state index contributed by atoms with van der Waals surface area (Å²) in [5, 5.41) is 2.77.